The molecule has 0 spiro atoms. The number of hydrogen-bond acceptors (Lipinski definition) is 8. The highest BCUT2D eigenvalue weighted by Crippen LogP contribution is 2.20. The molecule has 1 aromatic carbocycles. The van der Waals surface area contributed by atoms with Gasteiger partial charge in [0.25, 0.3) is 5.91 Å². The number of anilines is 1. The summed E-state index contributed by atoms with van der Waals surface area (Å²) in [6.45, 7) is 7.58. The average Bonchev–Trinajstić information content (AvgIpc) is 3.29. The van der Waals surface area contributed by atoms with E-state index in [9.17, 15) is 4.79 Å². The standard InChI is InChI=1S/C26H35N5O4/c1-19(2)34-23-7-5-6-20(14-23)17-31-12-11-22(18-31)29-24-16-27-21(15-28-24)9-10-25(32)30-35-26-8-3-4-13-33-26/h5-7,9-10,14-16,19,22,26H,3-4,8,11-13,17-18H2,1-2H3,(H,28,29)(H,30,32)/t22-,26?/m1/s1. The molecule has 1 amide bonds. The van der Waals surface area contributed by atoms with Gasteiger partial charge in [-0.2, -0.15) is 0 Å². The molecule has 2 aliphatic heterocycles. The Kier molecular flexibility index (Phi) is 9.05. The van der Waals surface area contributed by atoms with E-state index < -0.39 is 0 Å². The maximum atomic E-state index is 11.9. The van der Waals surface area contributed by atoms with Gasteiger partial charge in [-0.1, -0.05) is 12.1 Å². The van der Waals surface area contributed by atoms with Crippen LogP contribution in [0.4, 0.5) is 5.82 Å². The summed E-state index contributed by atoms with van der Waals surface area (Å²) in [5, 5.41) is 3.47. The van der Waals surface area contributed by atoms with E-state index in [0.717, 1.165) is 56.9 Å². The Hall–Kier alpha value is -3.01. The van der Waals surface area contributed by atoms with Gasteiger partial charge >= 0.3 is 0 Å². The number of ether oxygens (including phenoxy) is 2. The normalized spacial score (nSPS) is 20.9. The summed E-state index contributed by atoms with van der Waals surface area (Å²) in [5.74, 6) is 1.28. The van der Waals surface area contributed by atoms with Crippen LogP contribution in [0.2, 0.25) is 0 Å². The number of nitrogens with one attached hydrogen (secondary N) is 2. The van der Waals surface area contributed by atoms with Crippen LogP contribution in [0.15, 0.2) is 42.7 Å². The Morgan fingerprint density at radius 2 is 2.17 bits per heavy atom. The minimum Gasteiger partial charge on any atom is -0.491 e. The van der Waals surface area contributed by atoms with Crippen molar-refractivity contribution < 1.29 is 19.1 Å². The number of likely N-dealkylation sites (tertiary alicyclic amines) is 1. The molecule has 0 bridgehead atoms. The number of benzene rings is 1. The molecule has 2 saturated heterocycles. The third kappa shape index (κ3) is 8.31. The Labute approximate surface area is 206 Å². The SMILES string of the molecule is CC(C)Oc1cccc(CN2CC[C@@H](Nc3cnc(C=CC(=O)NOC4CCCCO4)cn3)C2)c1. The van der Waals surface area contributed by atoms with Crippen molar-refractivity contribution in [3.8, 4) is 5.75 Å². The first-order valence-electron chi connectivity index (χ1n) is 12.4. The second-order valence-corrected chi connectivity index (χ2v) is 9.22. The number of carbonyl (C=O) groups is 1. The molecule has 2 aliphatic rings. The molecule has 35 heavy (non-hydrogen) atoms. The van der Waals surface area contributed by atoms with Crippen LogP contribution in [0.5, 0.6) is 5.75 Å². The third-order valence-corrected chi connectivity index (χ3v) is 5.81. The van der Waals surface area contributed by atoms with E-state index in [-0.39, 0.29) is 18.3 Å². The highest BCUT2D eigenvalue weighted by molar-refractivity contribution is 5.90. The molecule has 188 valence electrons. The van der Waals surface area contributed by atoms with Gasteiger partial charge in [-0.15, -0.1) is 0 Å². The van der Waals surface area contributed by atoms with Crippen LogP contribution >= 0.6 is 0 Å². The van der Waals surface area contributed by atoms with E-state index >= 15 is 0 Å². The van der Waals surface area contributed by atoms with Crippen molar-refractivity contribution in [1.29, 1.82) is 0 Å². The smallest absolute Gasteiger partial charge is 0.267 e. The van der Waals surface area contributed by atoms with Gasteiger partial charge in [0.1, 0.15) is 11.6 Å². The summed E-state index contributed by atoms with van der Waals surface area (Å²) >= 11 is 0. The maximum absolute atomic E-state index is 11.9. The number of nitrogens with zero attached hydrogens (tertiary/aromatic N) is 3. The van der Waals surface area contributed by atoms with E-state index in [1.807, 2.05) is 26.0 Å². The summed E-state index contributed by atoms with van der Waals surface area (Å²) in [4.78, 5) is 28.4. The number of hydroxylamine groups is 1. The molecule has 9 heteroatoms. The fraction of sp³-hybridized carbons (Fsp3) is 0.500. The fourth-order valence-electron chi connectivity index (χ4n) is 4.17. The molecular formula is C26H35N5O4. The van der Waals surface area contributed by atoms with Crippen LogP contribution in [0.3, 0.4) is 0 Å². The predicted octanol–water partition coefficient (Wildman–Crippen LogP) is 3.54. The topological polar surface area (TPSA) is 97.8 Å². The lowest BCUT2D eigenvalue weighted by molar-refractivity contribution is -0.198. The number of rotatable bonds is 10. The van der Waals surface area contributed by atoms with Gasteiger partial charge < -0.3 is 14.8 Å². The van der Waals surface area contributed by atoms with E-state index in [1.54, 1.807) is 18.5 Å². The molecule has 2 N–H and O–H groups in total. The van der Waals surface area contributed by atoms with Crippen molar-refractivity contribution in [2.24, 2.45) is 0 Å². The van der Waals surface area contributed by atoms with Crippen LogP contribution < -0.4 is 15.5 Å². The first-order chi connectivity index (χ1) is 17.0. The largest absolute Gasteiger partial charge is 0.491 e. The Bertz CT molecular complexity index is 976. The van der Waals surface area contributed by atoms with Crippen LogP contribution in [0, 0.1) is 0 Å². The molecule has 2 aromatic rings. The summed E-state index contributed by atoms with van der Waals surface area (Å²) in [5.41, 5.74) is 4.24. The zero-order valence-electron chi connectivity index (χ0n) is 20.5. The Morgan fingerprint density at radius 3 is 2.94 bits per heavy atom. The second-order valence-electron chi connectivity index (χ2n) is 9.22. The highest BCUT2D eigenvalue weighted by atomic mass is 16.8. The van der Waals surface area contributed by atoms with Gasteiger partial charge in [-0.25, -0.2) is 15.3 Å². The van der Waals surface area contributed by atoms with Gasteiger partial charge in [0.2, 0.25) is 0 Å². The van der Waals surface area contributed by atoms with E-state index in [1.165, 1.54) is 11.6 Å². The zero-order valence-corrected chi connectivity index (χ0v) is 20.5. The molecule has 0 saturated carbocycles. The van der Waals surface area contributed by atoms with Crippen LogP contribution in [0.25, 0.3) is 6.08 Å². The minimum atomic E-state index is -0.373. The molecule has 3 heterocycles. The van der Waals surface area contributed by atoms with Crippen molar-refractivity contribution in [1.82, 2.24) is 20.3 Å². The van der Waals surface area contributed by atoms with E-state index in [2.05, 4.69) is 37.8 Å². The lowest BCUT2D eigenvalue weighted by Crippen LogP contribution is -2.32. The molecule has 9 nitrogen and oxygen atoms in total. The molecule has 1 unspecified atom stereocenters. The minimum absolute atomic E-state index is 0.168. The Balaban J connectivity index is 1.19. The summed E-state index contributed by atoms with van der Waals surface area (Å²) in [6.07, 6.45) is 9.99. The van der Waals surface area contributed by atoms with Gasteiger partial charge in [-0.05, 0) is 56.9 Å². The third-order valence-electron chi connectivity index (χ3n) is 5.81. The molecule has 0 aliphatic carbocycles. The quantitative estimate of drug-likeness (QED) is 0.393. The number of amides is 1. The van der Waals surface area contributed by atoms with Crippen molar-refractivity contribution in [3.05, 3.63) is 54.0 Å². The van der Waals surface area contributed by atoms with Gasteiger partial charge in [-0.3, -0.25) is 14.7 Å². The van der Waals surface area contributed by atoms with Gasteiger partial charge in [0.05, 0.1) is 24.2 Å². The highest BCUT2D eigenvalue weighted by Gasteiger charge is 2.23. The fourth-order valence-corrected chi connectivity index (χ4v) is 4.17. The monoisotopic (exact) mass is 481 g/mol. The van der Waals surface area contributed by atoms with Gasteiger partial charge in [0.15, 0.2) is 6.29 Å². The van der Waals surface area contributed by atoms with E-state index in [4.69, 9.17) is 14.3 Å². The molecular weight excluding hydrogens is 446 g/mol. The summed E-state index contributed by atoms with van der Waals surface area (Å²) < 4.78 is 11.2. The molecule has 1 aromatic heterocycles. The van der Waals surface area contributed by atoms with Crippen LogP contribution in [-0.2, 0) is 20.9 Å². The average molecular weight is 482 g/mol. The van der Waals surface area contributed by atoms with Crippen molar-refractivity contribution in [2.75, 3.05) is 25.0 Å². The Morgan fingerprint density at radius 1 is 1.26 bits per heavy atom. The predicted molar refractivity (Wildman–Crippen MR) is 133 cm³/mol. The lowest BCUT2D eigenvalue weighted by atomic mass is 10.2. The molecule has 4 rings (SSSR count). The molecule has 2 atom stereocenters. The molecule has 0 radical (unpaired) electrons. The number of hydrogen-bond donors (Lipinski definition) is 2. The molecule has 2 fully saturated rings. The summed E-state index contributed by atoms with van der Waals surface area (Å²) in [7, 11) is 0. The summed E-state index contributed by atoms with van der Waals surface area (Å²) in [6, 6.07) is 8.62. The zero-order chi connectivity index (χ0) is 24.5. The van der Waals surface area contributed by atoms with Crippen LogP contribution in [-0.4, -0.2) is 58.9 Å². The first-order valence-corrected chi connectivity index (χ1v) is 12.4. The number of carbonyl (C=O) groups excluding carboxylic acids is 1. The van der Waals surface area contributed by atoms with Crippen molar-refractivity contribution in [3.63, 3.8) is 0 Å². The second kappa shape index (κ2) is 12.6. The van der Waals surface area contributed by atoms with E-state index in [0.29, 0.717) is 18.3 Å². The van der Waals surface area contributed by atoms with Crippen LogP contribution in [0.1, 0.15) is 50.8 Å². The maximum Gasteiger partial charge on any atom is 0.267 e. The number of aromatic nitrogens is 2. The van der Waals surface area contributed by atoms with Crippen molar-refractivity contribution in [2.45, 2.75) is 64.5 Å². The lowest BCUT2D eigenvalue weighted by Gasteiger charge is -2.21. The van der Waals surface area contributed by atoms with Gasteiger partial charge in [0, 0.05) is 44.8 Å². The van der Waals surface area contributed by atoms with Crippen molar-refractivity contribution >= 4 is 17.8 Å². The first kappa shape index (κ1) is 25.1.